The number of aliphatic hydroxyl groups excluding tert-OH is 1. The average molecular weight is 618 g/mol. The van der Waals surface area contributed by atoms with Gasteiger partial charge in [0, 0.05) is 6.42 Å². The second kappa shape index (κ2) is 30.3. The summed E-state index contributed by atoms with van der Waals surface area (Å²) in [5.41, 5.74) is 0. The normalized spacial score (nSPS) is 13.5. The molecule has 0 heterocycles. The van der Waals surface area contributed by atoms with Crippen LogP contribution in [0.2, 0.25) is 0 Å². The van der Waals surface area contributed by atoms with E-state index in [2.05, 4.69) is 23.7 Å². The fourth-order valence-corrected chi connectivity index (χ4v) is 5.64. The van der Waals surface area contributed by atoms with Gasteiger partial charge in [0.25, 0.3) is 0 Å². The Hall–Kier alpha value is -0.720. The highest BCUT2D eigenvalue weighted by Gasteiger charge is 2.24. The Bertz CT molecular complexity index is 668. The van der Waals surface area contributed by atoms with Gasteiger partial charge in [-0.1, -0.05) is 167 Å². The Kier molecular flexibility index (Phi) is 29.8. The molecule has 0 fully saturated rings. The molecule has 0 aliphatic rings. The fourth-order valence-electron chi connectivity index (χ4n) is 5.28. The number of rotatable bonds is 32. The lowest BCUT2D eigenvalue weighted by Crippen LogP contribution is -2.45. The number of nitrogens with one attached hydrogen (secondary N) is 1. The average Bonchev–Trinajstić information content (AvgIpc) is 2.95. The van der Waals surface area contributed by atoms with Gasteiger partial charge in [-0.05, 0) is 19.3 Å². The van der Waals surface area contributed by atoms with Gasteiger partial charge in [-0.3, -0.25) is 9.32 Å². The molecule has 42 heavy (non-hydrogen) atoms. The van der Waals surface area contributed by atoms with Crippen molar-refractivity contribution < 1.29 is 28.8 Å². The first-order valence-corrected chi connectivity index (χ1v) is 19.2. The van der Waals surface area contributed by atoms with E-state index >= 15 is 0 Å². The lowest BCUT2D eigenvalue weighted by atomic mass is 10.0. The van der Waals surface area contributed by atoms with Gasteiger partial charge in [0.2, 0.25) is 5.91 Å². The first kappa shape index (κ1) is 41.3. The van der Waals surface area contributed by atoms with Gasteiger partial charge >= 0.3 is 7.82 Å². The predicted octanol–water partition coefficient (Wildman–Crippen LogP) is 9.68. The number of phosphoric ester groups is 1. The second-order valence-corrected chi connectivity index (χ2v) is 13.4. The molecule has 8 heteroatoms. The number of amides is 1. The molecule has 0 saturated heterocycles. The van der Waals surface area contributed by atoms with Crippen LogP contribution in [0.1, 0.15) is 181 Å². The maximum absolute atomic E-state index is 12.5. The summed E-state index contributed by atoms with van der Waals surface area (Å²) in [6, 6.07) is -0.902. The summed E-state index contributed by atoms with van der Waals surface area (Å²) in [6.07, 6.45) is 33.7. The molecule has 0 spiro atoms. The predicted molar refractivity (Wildman–Crippen MR) is 176 cm³/mol. The minimum atomic E-state index is -4.70. The van der Waals surface area contributed by atoms with Crippen molar-refractivity contribution in [3.05, 3.63) is 12.2 Å². The number of hydrogen-bond acceptors (Lipinski definition) is 4. The van der Waals surface area contributed by atoms with Crippen LogP contribution in [0.25, 0.3) is 0 Å². The highest BCUT2D eigenvalue weighted by Crippen LogP contribution is 2.35. The minimum Gasteiger partial charge on any atom is -0.387 e. The zero-order valence-electron chi connectivity index (χ0n) is 27.4. The van der Waals surface area contributed by atoms with E-state index in [1.165, 1.54) is 122 Å². The SMILES string of the molecule is CCCCCCCCCCC/C=C/[C@@H](O)[C@H](COP(=O)(O)O)NC(=O)CCCCCCCCCCCCCCCCC. The molecule has 0 aliphatic carbocycles. The summed E-state index contributed by atoms with van der Waals surface area (Å²) < 4.78 is 15.8. The van der Waals surface area contributed by atoms with Crippen LogP contribution in [0.3, 0.4) is 0 Å². The van der Waals surface area contributed by atoms with E-state index in [9.17, 15) is 14.5 Å². The molecule has 0 aromatic carbocycles. The van der Waals surface area contributed by atoms with Crippen molar-refractivity contribution >= 4 is 13.7 Å². The molecule has 0 saturated carbocycles. The third kappa shape index (κ3) is 30.7. The standard InChI is InChI=1S/C34H68NO6P/c1-3-5-7-9-11-13-15-16-17-18-20-22-24-26-28-30-34(37)35-32(31-41-42(38,39)40)33(36)29-27-25-23-21-19-14-12-10-8-6-4-2/h27,29,32-33,36H,3-26,28,30-31H2,1-2H3,(H,35,37)(H2,38,39,40)/b29-27+/t32-,33+/m0/s1. The van der Waals surface area contributed by atoms with Gasteiger partial charge in [-0.25, -0.2) is 4.57 Å². The lowest BCUT2D eigenvalue weighted by Gasteiger charge is -2.22. The number of hydrogen-bond donors (Lipinski definition) is 4. The smallest absolute Gasteiger partial charge is 0.387 e. The molecule has 0 radical (unpaired) electrons. The lowest BCUT2D eigenvalue weighted by molar-refractivity contribution is -0.123. The van der Waals surface area contributed by atoms with Crippen LogP contribution in [0.5, 0.6) is 0 Å². The quantitative estimate of drug-likeness (QED) is 0.0339. The Morgan fingerprint density at radius 3 is 1.45 bits per heavy atom. The molecule has 0 bridgehead atoms. The first-order chi connectivity index (χ1) is 20.3. The van der Waals surface area contributed by atoms with Crippen LogP contribution < -0.4 is 5.32 Å². The van der Waals surface area contributed by atoms with Crippen molar-refractivity contribution in [3.63, 3.8) is 0 Å². The Morgan fingerprint density at radius 1 is 0.667 bits per heavy atom. The van der Waals surface area contributed by atoms with E-state index in [-0.39, 0.29) is 5.91 Å². The van der Waals surface area contributed by atoms with Gasteiger partial charge in [0.1, 0.15) is 0 Å². The number of carbonyl (C=O) groups excluding carboxylic acids is 1. The molecule has 0 aliphatic heterocycles. The van der Waals surface area contributed by atoms with Gasteiger partial charge in [0.05, 0.1) is 18.8 Å². The van der Waals surface area contributed by atoms with Crippen molar-refractivity contribution in [3.8, 4) is 0 Å². The molecule has 0 aromatic heterocycles. The van der Waals surface area contributed by atoms with E-state index in [1.54, 1.807) is 6.08 Å². The number of unbranched alkanes of at least 4 members (excludes halogenated alkanes) is 23. The minimum absolute atomic E-state index is 0.226. The highest BCUT2D eigenvalue weighted by atomic mass is 31.2. The largest absolute Gasteiger partial charge is 0.469 e. The molecule has 0 aromatic rings. The van der Waals surface area contributed by atoms with Crippen LogP contribution in [0, 0.1) is 0 Å². The van der Waals surface area contributed by atoms with Crippen LogP contribution in [0.4, 0.5) is 0 Å². The van der Waals surface area contributed by atoms with E-state index in [0.717, 1.165) is 38.5 Å². The summed E-state index contributed by atoms with van der Waals surface area (Å²) in [5.74, 6) is -0.226. The molecular weight excluding hydrogens is 549 g/mol. The maximum Gasteiger partial charge on any atom is 0.469 e. The van der Waals surface area contributed by atoms with Crippen molar-refractivity contribution in [1.29, 1.82) is 0 Å². The van der Waals surface area contributed by atoms with Crippen molar-refractivity contribution in [2.24, 2.45) is 0 Å². The molecule has 2 atom stereocenters. The monoisotopic (exact) mass is 617 g/mol. The third-order valence-electron chi connectivity index (χ3n) is 8.00. The highest BCUT2D eigenvalue weighted by molar-refractivity contribution is 7.46. The zero-order chi connectivity index (χ0) is 31.2. The van der Waals surface area contributed by atoms with Crippen LogP contribution in [0.15, 0.2) is 12.2 Å². The van der Waals surface area contributed by atoms with Crippen molar-refractivity contribution in [1.82, 2.24) is 5.32 Å². The Labute approximate surface area is 259 Å². The Balaban J connectivity index is 4.03. The molecule has 1 amide bonds. The topological polar surface area (TPSA) is 116 Å². The van der Waals surface area contributed by atoms with Crippen LogP contribution in [-0.4, -0.2) is 39.6 Å². The van der Waals surface area contributed by atoms with Crippen LogP contribution in [-0.2, 0) is 13.9 Å². The molecular formula is C34H68NO6P. The number of phosphoric acid groups is 1. The zero-order valence-corrected chi connectivity index (χ0v) is 28.3. The first-order valence-electron chi connectivity index (χ1n) is 17.6. The summed E-state index contributed by atoms with van der Waals surface area (Å²) in [6.45, 7) is 4.04. The fraction of sp³-hybridized carbons (Fsp3) is 0.912. The molecule has 7 nitrogen and oxygen atoms in total. The van der Waals surface area contributed by atoms with Gasteiger partial charge in [-0.2, -0.15) is 0 Å². The molecule has 0 rings (SSSR count). The molecule has 250 valence electrons. The van der Waals surface area contributed by atoms with E-state index in [0.29, 0.717) is 6.42 Å². The second-order valence-electron chi connectivity index (χ2n) is 12.2. The summed E-state index contributed by atoms with van der Waals surface area (Å²) in [7, 11) is -4.70. The Morgan fingerprint density at radius 2 is 1.05 bits per heavy atom. The molecule has 4 N–H and O–H groups in total. The summed E-state index contributed by atoms with van der Waals surface area (Å²) >= 11 is 0. The summed E-state index contributed by atoms with van der Waals surface area (Å²) in [4.78, 5) is 30.7. The van der Waals surface area contributed by atoms with Crippen molar-refractivity contribution in [2.75, 3.05) is 6.61 Å². The van der Waals surface area contributed by atoms with E-state index < -0.39 is 26.6 Å². The maximum atomic E-state index is 12.5. The van der Waals surface area contributed by atoms with Crippen molar-refractivity contribution in [2.45, 2.75) is 193 Å². The molecule has 0 unspecified atom stereocenters. The van der Waals surface area contributed by atoms with Crippen LogP contribution >= 0.6 is 7.82 Å². The van der Waals surface area contributed by atoms with Gasteiger partial charge in [0.15, 0.2) is 0 Å². The third-order valence-corrected chi connectivity index (χ3v) is 8.48. The number of aliphatic hydroxyl groups is 1. The number of carbonyl (C=O) groups is 1. The van der Waals surface area contributed by atoms with E-state index in [1.807, 2.05) is 6.08 Å². The van der Waals surface area contributed by atoms with Gasteiger partial charge in [-0.15, -0.1) is 0 Å². The van der Waals surface area contributed by atoms with E-state index in [4.69, 9.17) is 9.79 Å². The van der Waals surface area contributed by atoms with Gasteiger partial charge < -0.3 is 20.2 Å². The summed E-state index contributed by atoms with van der Waals surface area (Å²) in [5, 5.41) is 13.3. The number of allylic oxidation sites excluding steroid dienone is 1.